The van der Waals surface area contributed by atoms with E-state index in [9.17, 15) is 47.9 Å². The first-order chi connectivity index (χ1) is 20.1. The van der Waals surface area contributed by atoms with E-state index in [4.69, 9.17) is 4.74 Å². The lowest BCUT2D eigenvalue weighted by Gasteiger charge is -2.32. The van der Waals surface area contributed by atoms with Gasteiger partial charge in [0.2, 0.25) is 0 Å². The minimum absolute atomic E-state index is 0.469. The second-order valence-corrected chi connectivity index (χ2v) is 12.6. The average Bonchev–Trinajstić information content (AvgIpc) is 2.91. The Morgan fingerprint density at radius 3 is 1.84 bits per heavy atom. The Balaban J connectivity index is 1.70. The lowest BCUT2D eigenvalue weighted by Crippen LogP contribution is -2.63. The fraction of sp³-hybridized carbons (Fsp3) is 0.333. The van der Waals surface area contributed by atoms with Crippen LogP contribution in [0.2, 0.25) is 0 Å². The SMILES string of the molecule is CC(C)(C)Oc1ccc2c(c1)CC=C(c1ccccc1)C2c1ccc(OS(=O)(=O)C(F)(F)C(F)(F)C(F)(F)C(F)(F)F)cc1. The van der Waals surface area contributed by atoms with Crippen molar-refractivity contribution in [3.05, 3.63) is 101 Å². The molecule has 1 atom stereocenters. The third-order valence-corrected chi connectivity index (χ3v) is 7.95. The predicted molar refractivity (Wildman–Crippen MR) is 144 cm³/mol. The predicted octanol–water partition coefficient (Wildman–Crippen LogP) is 8.77. The quantitative estimate of drug-likeness (QED) is 0.180. The van der Waals surface area contributed by atoms with E-state index in [1.54, 1.807) is 6.07 Å². The molecule has 0 saturated carbocycles. The van der Waals surface area contributed by atoms with Gasteiger partial charge >= 0.3 is 33.4 Å². The molecule has 0 amide bonds. The molecule has 4 nitrogen and oxygen atoms in total. The molecule has 0 saturated heterocycles. The fourth-order valence-corrected chi connectivity index (χ4v) is 5.56. The van der Waals surface area contributed by atoms with E-state index in [-0.39, 0.29) is 0 Å². The molecule has 0 fully saturated rings. The summed E-state index contributed by atoms with van der Waals surface area (Å²) in [7, 11) is -7.06. The zero-order valence-electron chi connectivity index (χ0n) is 23.2. The molecule has 1 aliphatic carbocycles. The largest absolute Gasteiger partial charge is 0.488 e. The Kier molecular flexibility index (Phi) is 8.33. The standard InChI is InChI=1S/C30H25F9O4S/c1-26(2,3)42-22-14-16-24-20(17-22)11-15-23(18-7-5-4-6-8-18)25(24)19-9-12-21(13-10-19)43-44(40,41)30(38,39)28(33,34)27(31,32)29(35,36)37/h4-10,12-17,25H,11H2,1-3H3. The number of ether oxygens (including phenoxy) is 1. The normalized spacial score (nSPS) is 16.6. The summed E-state index contributed by atoms with van der Waals surface area (Å²) in [6, 6.07) is 18.7. The van der Waals surface area contributed by atoms with Crippen LogP contribution in [0.5, 0.6) is 11.5 Å². The lowest BCUT2D eigenvalue weighted by molar-refractivity contribution is -0.382. The third-order valence-electron chi connectivity index (χ3n) is 6.66. The van der Waals surface area contributed by atoms with Crippen LogP contribution in [0, 0.1) is 0 Å². The second kappa shape index (κ2) is 11.0. The Bertz CT molecular complexity index is 1640. The molecule has 44 heavy (non-hydrogen) atoms. The maximum Gasteiger partial charge on any atom is 0.460 e. The minimum atomic E-state index is -7.40. The van der Waals surface area contributed by atoms with Crippen LogP contribution < -0.4 is 8.92 Å². The van der Waals surface area contributed by atoms with Crippen LogP contribution in [0.15, 0.2) is 78.9 Å². The van der Waals surface area contributed by atoms with Crippen LogP contribution in [0.4, 0.5) is 39.5 Å². The summed E-state index contributed by atoms with van der Waals surface area (Å²) in [5.74, 6) is -15.7. The molecule has 0 aliphatic heterocycles. The van der Waals surface area contributed by atoms with Crippen LogP contribution in [0.3, 0.4) is 0 Å². The molecule has 0 radical (unpaired) electrons. The molecule has 0 aromatic heterocycles. The van der Waals surface area contributed by atoms with Crippen molar-refractivity contribution in [2.24, 2.45) is 0 Å². The van der Waals surface area contributed by atoms with Crippen molar-refractivity contribution >= 4 is 15.7 Å². The summed E-state index contributed by atoms with van der Waals surface area (Å²) < 4.78 is 153. The monoisotopic (exact) mass is 652 g/mol. The molecule has 1 unspecified atom stereocenters. The fourth-order valence-electron chi connectivity index (χ4n) is 4.65. The van der Waals surface area contributed by atoms with Crippen LogP contribution >= 0.6 is 0 Å². The number of benzene rings is 3. The third kappa shape index (κ3) is 6.00. The molecular formula is C30H25F9O4S. The van der Waals surface area contributed by atoms with E-state index in [0.29, 0.717) is 17.7 Å². The van der Waals surface area contributed by atoms with E-state index >= 15 is 0 Å². The van der Waals surface area contributed by atoms with Gasteiger partial charge in [0.1, 0.15) is 17.1 Å². The number of hydrogen-bond acceptors (Lipinski definition) is 4. The van der Waals surface area contributed by atoms with Gasteiger partial charge in [-0.2, -0.15) is 47.9 Å². The highest BCUT2D eigenvalue weighted by Crippen LogP contribution is 2.55. The van der Waals surface area contributed by atoms with Gasteiger partial charge in [-0.25, -0.2) is 0 Å². The Hall–Kier alpha value is -3.68. The number of alkyl halides is 9. The van der Waals surface area contributed by atoms with Crippen molar-refractivity contribution in [1.29, 1.82) is 0 Å². The smallest absolute Gasteiger partial charge is 0.460 e. The van der Waals surface area contributed by atoms with E-state index in [1.807, 2.05) is 69.3 Å². The number of allylic oxidation sites excluding steroid dienone is 2. The van der Waals surface area contributed by atoms with Crippen LogP contribution in [0.1, 0.15) is 48.9 Å². The van der Waals surface area contributed by atoms with Crippen molar-refractivity contribution < 1.29 is 56.9 Å². The molecule has 14 heteroatoms. The van der Waals surface area contributed by atoms with Crippen molar-refractivity contribution in [1.82, 2.24) is 0 Å². The summed E-state index contributed by atoms with van der Waals surface area (Å²) in [5.41, 5.74) is 3.34. The zero-order valence-corrected chi connectivity index (χ0v) is 24.0. The van der Waals surface area contributed by atoms with Gasteiger partial charge in [-0.05, 0) is 79.3 Å². The van der Waals surface area contributed by atoms with Crippen molar-refractivity contribution in [3.8, 4) is 11.5 Å². The maximum absolute atomic E-state index is 14.1. The molecule has 0 N–H and O–H groups in total. The van der Waals surface area contributed by atoms with E-state index in [0.717, 1.165) is 34.4 Å². The molecule has 3 aromatic rings. The van der Waals surface area contributed by atoms with Gasteiger partial charge in [0.25, 0.3) is 0 Å². The number of halogens is 9. The summed E-state index contributed by atoms with van der Waals surface area (Å²) in [4.78, 5) is 0. The Morgan fingerprint density at radius 1 is 0.727 bits per heavy atom. The highest BCUT2D eigenvalue weighted by Gasteiger charge is 2.86. The van der Waals surface area contributed by atoms with Crippen LogP contribution in [-0.2, 0) is 16.5 Å². The number of fused-ring (bicyclic) bond motifs is 1. The zero-order chi connectivity index (χ0) is 32.9. The molecule has 4 rings (SSSR count). The van der Waals surface area contributed by atoms with Gasteiger partial charge in [-0.3, -0.25) is 0 Å². The lowest BCUT2D eigenvalue weighted by atomic mass is 9.75. The second-order valence-electron chi connectivity index (χ2n) is 11.0. The maximum atomic E-state index is 14.1. The van der Waals surface area contributed by atoms with Gasteiger partial charge in [0.05, 0.1) is 0 Å². The van der Waals surface area contributed by atoms with Gasteiger partial charge in [0, 0.05) is 5.92 Å². The van der Waals surface area contributed by atoms with E-state index < -0.39 is 50.7 Å². The number of rotatable bonds is 8. The van der Waals surface area contributed by atoms with Gasteiger partial charge in [-0.15, -0.1) is 0 Å². The minimum Gasteiger partial charge on any atom is -0.488 e. The van der Waals surface area contributed by atoms with Crippen LogP contribution in [-0.4, -0.2) is 37.3 Å². The summed E-state index contributed by atoms with van der Waals surface area (Å²) >= 11 is 0. The van der Waals surface area contributed by atoms with Crippen molar-refractivity contribution in [3.63, 3.8) is 0 Å². The van der Waals surface area contributed by atoms with Gasteiger partial charge in [0.15, 0.2) is 0 Å². The number of hydrogen-bond donors (Lipinski definition) is 0. The molecular weight excluding hydrogens is 627 g/mol. The van der Waals surface area contributed by atoms with Gasteiger partial charge < -0.3 is 8.92 Å². The summed E-state index contributed by atoms with van der Waals surface area (Å²) in [6.45, 7) is 5.64. The molecule has 1 aliphatic rings. The van der Waals surface area contributed by atoms with Crippen LogP contribution in [0.25, 0.3) is 5.57 Å². The molecule has 238 valence electrons. The molecule has 0 spiro atoms. The first-order valence-electron chi connectivity index (χ1n) is 12.9. The topological polar surface area (TPSA) is 52.6 Å². The Morgan fingerprint density at radius 2 is 1.30 bits per heavy atom. The molecule has 3 aromatic carbocycles. The average molecular weight is 653 g/mol. The molecule has 0 heterocycles. The first kappa shape index (κ1) is 33.2. The first-order valence-corrected chi connectivity index (χ1v) is 14.3. The summed E-state index contributed by atoms with van der Waals surface area (Å²) in [5, 5.41) is -6.96. The highest BCUT2D eigenvalue weighted by molar-refractivity contribution is 7.88. The van der Waals surface area contributed by atoms with E-state index in [2.05, 4.69) is 4.18 Å². The van der Waals surface area contributed by atoms with Crippen molar-refractivity contribution in [2.75, 3.05) is 0 Å². The molecule has 0 bridgehead atoms. The van der Waals surface area contributed by atoms with Gasteiger partial charge in [-0.1, -0.05) is 54.6 Å². The van der Waals surface area contributed by atoms with Crippen molar-refractivity contribution in [2.45, 2.75) is 62.0 Å². The Labute approximate surface area is 247 Å². The van der Waals surface area contributed by atoms with E-state index in [1.165, 1.54) is 12.1 Å². The summed E-state index contributed by atoms with van der Waals surface area (Å²) in [6.07, 6.45) is -4.71. The highest BCUT2D eigenvalue weighted by atomic mass is 32.2.